The highest BCUT2D eigenvalue weighted by Crippen LogP contribution is 2.36. The van der Waals surface area contributed by atoms with Crippen LogP contribution in [0.25, 0.3) is 11.1 Å². The summed E-state index contributed by atoms with van der Waals surface area (Å²) in [5.41, 5.74) is -0.524. The third-order valence-electron chi connectivity index (χ3n) is 2.48. The van der Waals surface area contributed by atoms with Gasteiger partial charge in [-0.1, -0.05) is 12.1 Å². The molecule has 0 radical (unpaired) electrons. The Morgan fingerprint density at radius 3 is 2.06 bits per heavy atom. The van der Waals surface area contributed by atoms with Crippen LogP contribution in [0.1, 0.15) is 5.56 Å². The second kappa shape index (κ2) is 4.33. The van der Waals surface area contributed by atoms with Crippen molar-refractivity contribution in [2.45, 2.75) is 6.18 Å². The maximum Gasteiger partial charge on any atom is 0.416 e. The van der Waals surface area contributed by atoms with Crippen molar-refractivity contribution in [3.8, 4) is 16.9 Å². The highest BCUT2D eigenvalue weighted by Gasteiger charge is 2.31. The standard InChI is InChI=1S/C13H8F4O/c14-10-4-1-8(2-5-10)11-7-9(13(15,16)17)3-6-12(11)18/h1-7,18H. The summed E-state index contributed by atoms with van der Waals surface area (Å²) in [4.78, 5) is 0. The van der Waals surface area contributed by atoms with E-state index in [9.17, 15) is 22.7 Å². The molecule has 18 heavy (non-hydrogen) atoms. The molecule has 0 aromatic heterocycles. The average Bonchev–Trinajstić information content (AvgIpc) is 2.29. The molecule has 0 amide bonds. The average molecular weight is 256 g/mol. The van der Waals surface area contributed by atoms with Crippen LogP contribution in [-0.2, 0) is 6.18 Å². The SMILES string of the molecule is Oc1ccc(C(F)(F)F)cc1-c1ccc(F)cc1. The normalized spacial score (nSPS) is 11.6. The van der Waals surface area contributed by atoms with Gasteiger partial charge in [0.1, 0.15) is 11.6 Å². The van der Waals surface area contributed by atoms with Crippen molar-refractivity contribution >= 4 is 0 Å². The molecule has 0 heterocycles. The lowest BCUT2D eigenvalue weighted by Crippen LogP contribution is -2.04. The van der Waals surface area contributed by atoms with E-state index in [0.29, 0.717) is 5.56 Å². The Bertz CT molecular complexity index is 558. The summed E-state index contributed by atoms with van der Waals surface area (Å²) in [5.74, 6) is -0.778. The number of hydrogen-bond donors (Lipinski definition) is 1. The number of aromatic hydroxyl groups is 1. The van der Waals surface area contributed by atoms with Gasteiger partial charge in [0.05, 0.1) is 5.56 Å². The Kier molecular flexibility index (Phi) is 2.98. The van der Waals surface area contributed by atoms with Gasteiger partial charge in [-0.25, -0.2) is 4.39 Å². The lowest BCUT2D eigenvalue weighted by molar-refractivity contribution is -0.137. The van der Waals surface area contributed by atoms with Gasteiger partial charge in [-0.15, -0.1) is 0 Å². The fourth-order valence-corrected chi connectivity index (χ4v) is 1.57. The molecule has 0 atom stereocenters. The zero-order valence-electron chi connectivity index (χ0n) is 9.00. The van der Waals surface area contributed by atoms with Crippen molar-refractivity contribution in [2.75, 3.05) is 0 Å². The molecule has 0 saturated carbocycles. The number of alkyl halides is 3. The molecular formula is C13H8F4O. The van der Waals surface area contributed by atoms with Crippen LogP contribution in [0.3, 0.4) is 0 Å². The molecule has 94 valence electrons. The largest absolute Gasteiger partial charge is 0.507 e. The molecule has 1 N–H and O–H groups in total. The van der Waals surface area contributed by atoms with E-state index < -0.39 is 17.6 Å². The number of phenols is 1. The van der Waals surface area contributed by atoms with E-state index in [2.05, 4.69) is 0 Å². The van der Waals surface area contributed by atoms with Crippen molar-refractivity contribution in [1.29, 1.82) is 0 Å². The molecular weight excluding hydrogens is 248 g/mol. The van der Waals surface area contributed by atoms with Gasteiger partial charge in [-0.05, 0) is 35.9 Å². The lowest BCUT2D eigenvalue weighted by atomic mass is 10.0. The van der Waals surface area contributed by atoms with Crippen LogP contribution < -0.4 is 0 Å². The van der Waals surface area contributed by atoms with Gasteiger partial charge in [0, 0.05) is 5.56 Å². The first-order valence-electron chi connectivity index (χ1n) is 5.04. The number of halogens is 4. The Morgan fingerprint density at radius 1 is 0.889 bits per heavy atom. The molecule has 2 rings (SSSR count). The quantitative estimate of drug-likeness (QED) is 0.757. The summed E-state index contributed by atoms with van der Waals surface area (Å²) >= 11 is 0. The molecule has 0 fully saturated rings. The van der Waals surface area contributed by atoms with E-state index in [1.165, 1.54) is 12.1 Å². The maximum atomic E-state index is 12.7. The summed E-state index contributed by atoms with van der Waals surface area (Å²) in [6.07, 6.45) is -4.48. The first-order valence-corrected chi connectivity index (χ1v) is 5.04. The third-order valence-corrected chi connectivity index (χ3v) is 2.48. The minimum atomic E-state index is -4.48. The van der Waals surface area contributed by atoms with Crippen molar-refractivity contribution in [1.82, 2.24) is 0 Å². The zero-order valence-corrected chi connectivity index (χ0v) is 9.00. The monoisotopic (exact) mass is 256 g/mol. The molecule has 0 spiro atoms. The molecule has 1 nitrogen and oxygen atoms in total. The van der Waals surface area contributed by atoms with Crippen LogP contribution in [0.15, 0.2) is 42.5 Å². The van der Waals surface area contributed by atoms with Crippen LogP contribution in [0, 0.1) is 5.82 Å². The summed E-state index contributed by atoms with van der Waals surface area (Å²) in [6.45, 7) is 0. The molecule has 2 aromatic carbocycles. The Hall–Kier alpha value is -2.04. The predicted molar refractivity (Wildman–Crippen MR) is 58.5 cm³/mol. The fourth-order valence-electron chi connectivity index (χ4n) is 1.57. The van der Waals surface area contributed by atoms with E-state index >= 15 is 0 Å². The lowest BCUT2D eigenvalue weighted by Gasteiger charge is -2.10. The van der Waals surface area contributed by atoms with Gasteiger partial charge in [0.15, 0.2) is 0 Å². The van der Waals surface area contributed by atoms with Crippen LogP contribution in [0.5, 0.6) is 5.75 Å². The van der Waals surface area contributed by atoms with Gasteiger partial charge in [-0.3, -0.25) is 0 Å². The van der Waals surface area contributed by atoms with Crippen molar-refractivity contribution in [2.24, 2.45) is 0 Å². The molecule has 0 bridgehead atoms. The van der Waals surface area contributed by atoms with Crippen molar-refractivity contribution < 1.29 is 22.7 Å². The molecule has 0 aliphatic carbocycles. The second-order valence-electron chi connectivity index (χ2n) is 3.74. The Labute approximate surface area is 100 Å². The topological polar surface area (TPSA) is 20.2 Å². The second-order valence-corrected chi connectivity index (χ2v) is 3.74. The van der Waals surface area contributed by atoms with Crippen molar-refractivity contribution in [3.63, 3.8) is 0 Å². The van der Waals surface area contributed by atoms with Crippen LogP contribution in [0.4, 0.5) is 17.6 Å². The van der Waals surface area contributed by atoms with E-state index in [0.717, 1.165) is 30.3 Å². The maximum absolute atomic E-state index is 12.7. The van der Waals surface area contributed by atoms with E-state index in [-0.39, 0.29) is 11.3 Å². The van der Waals surface area contributed by atoms with Crippen LogP contribution >= 0.6 is 0 Å². The highest BCUT2D eigenvalue weighted by atomic mass is 19.4. The van der Waals surface area contributed by atoms with Crippen molar-refractivity contribution in [3.05, 3.63) is 53.8 Å². The smallest absolute Gasteiger partial charge is 0.416 e. The third kappa shape index (κ3) is 2.45. The Balaban J connectivity index is 2.53. The van der Waals surface area contributed by atoms with Gasteiger partial charge in [0.25, 0.3) is 0 Å². The molecule has 5 heteroatoms. The summed E-state index contributed by atoms with van der Waals surface area (Å²) < 4.78 is 50.3. The predicted octanol–water partition coefficient (Wildman–Crippen LogP) is 4.22. The van der Waals surface area contributed by atoms with E-state index in [4.69, 9.17) is 0 Å². The molecule has 0 saturated heterocycles. The van der Waals surface area contributed by atoms with Crippen LogP contribution in [-0.4, -0.2) is 5.11 Å². The van der Waals surface area contributed by atoms with Gasteiger partial charge >= 0.3 is 6.18 Å². The number of hydrogen-bond acceptors (Lipinski definition) is 1. The fraction of sp³-hybridized carbons (Fsp3) is 0.0769. The first kappa shape index (κ1) is 12.4. The highest BCUT2D eigenvalue weighted by molar-refractivity contribution is 5.70. The van der Waals surface area contributed by atoms with E-state index in [1.54, 1.807) is 0 Å². The summed E-state index contributed by atoms with van der Waals surface area (Å²) in [5, 5.41) is 9.56. The van der Waals surface area contributed by atoms with Gasteiger partial charge in [0.2, 0.25) is 0 Å². The molecule has 0 unspecified atom stereocenters. The van der Waals surface area contributed by atoms with E-state index in [1.807, 2.05) is 0 Å². The van der Waals surface area contributed by atoms with Gasteiger partial charge in [-0.2, -0.15) is 13.2 Å². The minimum absolute atomic E-state index is 0.0184. The Morgan fingerprint density at radius 2 is 1.50 bits per heavy atom. The summed E-state index contributed by atoms with van der Waals surface area (Å²) in [7, 11) is 0. The number of rotatable bonds is 1. The summed E-state index contributed by atoms with van der Waals surface area (Å²) in [6, 6.07) is 7.46. The van der Waals surface area contributed by atoms with Crippen LogP contribution in [0.2, 0.25) is 0 Å². The first-order chi connectivity index (χ1) is 8.38. The zero-order chi connectivity index (χ0) is 13.3. The minimum Gasteiger partial charge on any atom is -0.507 e. The molecule has 2 aromatic rings. The molecule has 0 aliphatic rings. The van der Waals surface area contributed by atoms with Gasteiger partial charge < -0.3 is 5.11 Å². The number of phenolic OH excluding ortho intramolecular Hbond substituents is 1. The molecule has 0 aliphatic heterocycles. The number of benzene rings is 2.